The van der Waals surface area contributed by atoms with Crippen LogP contribution in [-0.2, 0) is 9.53 Å². The number of hydrogen-bond acceptors (Lipinski definition) is 3. The minimum Gasteiger partial charge on any atom is -0.465 e. The second-order valence-electron chi connectivity index (χ2n) is 3.97. The topological polar surface area (TPSA) is 55.0 Å². The molecule has 0 radical (unpaired) electrons. The summed E-state index contributed by atoms with van der Waals surface area (Å²) in [6, 6.07) is 0.414. The third kappa shape index (κ3) is 2.27. The number of nitrogens with zero attached hydrogens (tertiary/aromatic N) is 1. The molecule has 19 heavy (non-hydrogen) atoms. The largest absolute Gasteiger partial charge is 0.465 e. The van der Waals surface area contributed by atoms with Crippen LogP contribution in [0, 0.1) is 17.5 Å². The fraction of sp³-hybridized carbons (Fsp3) is 0.333. The van der Waals surface area contributed by atoms with Crippen LogP contribution in [0.1, 0.15) is 25.6 Å². The minimum atomic E-state index is -1.32. The molecular formula is C12H11F3N2O2. The monoisotopic (exact) mass is 272 g/mol. The SMILES string of the molecule is CCOC(=O)C(C)c1nc2c(F)cc(F)c(F)c2[nH]1. The van der Waals surface area contributed by atoms with E-state index < -0.39 is 34.9 Å². The van der Waals surface area contributed by atoms with Crippen LogP contribution in [0.3, 0.4) is 0 Å². The van der Waals surface area contributed by atoms with E-state index in [1.165, 1.54) is 6.92 Å². The fourth-order valence-electron chi connectivity index (χ4n) is 1.67. The highest BCUT2D eigenvalue weighted by Crippen LogP contribution is 2.24. The Morgan fingerprint density at radius 3 is 2.74 bits per heavy atom. The number of aromatic amines is 1. The first-order valence-corrected chi connectivity index (χ1v) is 5.65. The van der Waals surface area contributed by atoms with Crippen molar-refractivity contribution < 1.29 is 22.7 Å². The molecule has 2 aromatic rings. The van der Waals surface area contributed by atoms with Gasteiger partial charge in [-0.1, -0.05) is 0 Å². The van der Waals surface area contributed by atoms with Crippen LogP contribution in [0.2, 0.25) is 0 Å². The van der Waals surface area contributed by atoms with Crippen LogP contribution in [0.15, 0.2) is 6.07 Å². The standard InChI is InChI=1S/C12H11F3N2O2/c1-3-19-12(18)5(2)11-16-9-7(14)4-6(13)8(15)10(9)17-11/h4-5H,3H2,1-2H3,(H,16,17). The van der Waals surface area contributed by atoms with Crippen LogP contribution >= 0.6 is 0 Å². The third-order valence-electron chi connectivity index (χ3n) is 2.68. The second kappa shape index (κ2) is 4.91. The number of ether oxygens (including phenoxy) is 1. The fourth-order valence-corrected chi connectivity index (χ4v) is 1.67. The summed E-state index contributed by atoms with van der Waals surface area (Å²) in [5, 5.41) is 0. The molecule has 0 fully saturated rings. The second-order valence-corrected chi connectivity index (χ2v) is 3.97. The van der Waals surface area contributed by atoms with Gasteiger partial charge < -0.3 is 9.72 Å². The van der Waals surface area contributed by atoms with E-state index in [4.69, 9.17) is 4.74 Å². The van der Waals surface area contributed by atoms with Crippen LogP contribution in [0.5, 0.6) is 0 Å². The Bertz CT molecular complexity index is 639. The molecule has 4 nitrogen and oxygen atoms in total. The Balaban J connectivity index is 2.50. The molecule has 0 aliphatic rings. The zero-order valence-electron chi connectivity index (χ0n) is 10.3. The molecule has 1 atom stereocenters. The number of aromatic nitrogens is 2. The van der Waals surface area contributed by atoms with Crippen molar-refractivity contribution in [2.45, 2.75) is 19.8 Å². The lowest BCUT2D eigenvalue weighted by Gasteiger charge is -2.06. The molecule has 0 saturated carbocycles. The molecule has 0 amide bonds. The number of nitrogens with one attached hydrogen (secondary N) is 1. The Kier molecular flexibility index (Phi) is 3.46. The number of hydrogen-bond donors (Lipinski definition) is 1. The predicted molar refractivity (Wildman–Crippen MR) is 61.0 cm³/mol. The van der Waals surface area contributed by atoms with E-state index in [1.807, 2.05) is 0 Å². The van der Waals surface area contributed by atoms with E-state index in [-0.39, 0.29) is 17.9 Å². The first-order chi connectivity index (χ1) is 8.95. The molecule has 1 aromatic heterocycles. The van der Waals surface area contributed by atoms with Crippen molar-refractivity contribution in [3.8, 4) is 0 Å². The molecule has 0 saturated heterocycles. The predicted octanol–water partition coefficient (Wildman–Crippen LogP) is 2.65. The summed E-state index contributed by atoms with van der Waals surface area (Å²) in [7, 11) is 0. The van der Waals surface area contributed by atoms with Crippen molar-refractivity contribution in [2.75, 3.05) is 6.61 Å². The van der Waals surface area contributed by atoms with Crippen LogP contribution in [0.25, 0.3) is 11.0 Å². The summed E-state index contributed by atoms with van der Waals surface area (Å²) < 4.78 is 44.7. The van der Waals surface area contributed by atoms with Gasteiger partial charge in [0.25, 0.3) is 0 Å². The van der Waals surface area contributed by atoms with Gasteiger partial charge in [-0.25, -0.2) is 18.2 Å². The molecule has 0 bridgehead atoms. The summed E-state index contributed by atoms with van der Waals surface area (Å²) >= 11 is 0. The molecule has 102 valence electrons. The Morgan fingerprint density at radius 2 is 2.11 bits per heavy atom. The average Bonchev–Trinajstić information content (AvgIpc) is 2.81. The Hall–Kier alpha value is -2.05. The number of rotatable bonds is 3. The van der Waals surface area contributed by atoms with E-state index in [0.717, 1.165) is 0 Å². The molecule has 0 aliphatic heterocycles. The number of fused-ring (bicyclic) bond motifs is 1. The maximum absolute atomic E-state index is 13.5. The molecule has 7 heteroatoms. The molecular weight excluding hydrogens is 261 g/mol. The summed E-state index contributed by atoms with van der Waals surface area (Å²) in [5.74, 6) is -4.92. The van der Waals surface area contributed by atoms with Crippen molar-refractivity contribution >= 4 is 17.0 Å². The number of carbonyl (C=O) groups is 1. The number of carbonyl (C=O) groups excluding carboxylic acids is 1. The first-order valence-electron chi connectivity index (χ1n) is 5.65. The molecule has 1 aromatic carbocycles. The summed E-state index contributed by atoms with van der Waals surface area (Å²) in [6.07, 6.45) is 0. The minimum absolute atomic E-state index is 0.0249. The Morgan fingerprint density at radius 1 is 1.42 bits per heavy atom. The van der Waals surface area contributed by atoms with Crippen LogP contribution < -0.4 is 0 Å². The zero-order chi connectivity index (χ0) is 14.2. The summed E-state index contributed by atoms with van der Waals surface area (Å²) in [4.78, 5) is 17.7. The zero-order valence-corrected chi connectivity index (χ0v) is 10.3. The number of benzene rings is 1. The van der Waals surface area contributed by atoms with E-state index in [9.17, 15) is 18.0 Å². The highest BCUT2D eigenvalue weighted by molar-refractivity contribution is 5.81. The Labute approximate surface area is 106 Å². The highest BCUT2D eigenvalue weighted by Gasteiger charge is 2.23. The first kappa shape index (κ1) is 13.4. The van der Waals surface area contributed by atoms with Crippen molar-refractivity contribution in [2.24, 2.45) is 0 Å². The van der Waals surface area contributed by atoms with Gasteiger partial charge in [-0.05, 0) is 13.8 Å². The number of imidazole rings is 1. The van der Waals surface area contributed by atoms with E-state index >= 15 is 0 Å². The van der Waals surface area contributed by atoms with Gasteiger partial charge in [-0.15, -0.1) is 0 Å². The number of halogens is 3. The van der Waals surface area contributed by atoms with Gasteiger partial charge in [0.2, 0.25) is 0 Å². The maximum atomic E-state index is 13.5. The van der Waals surface area contributed by atoms with Gasteiger partial charge in [0.1, 0.15) is 22.8 Å². The van der Waals surface area contributed by atoms with Crippen molar-refractivity contribution in [3.63, 3.8) is 0 Å². The van der Waals surface area contributed by atoms with Gasteiger partial charge in [0.05, 0.1) is 6.61 Å². The third-order valence-corrected chi connectivity index (χ3v) is 2.68. The lowest BCUT2D eigenvalue weighted by molar-refractivity contribution is -0.144. The van der Waals surface area contributed by atoms with E-state index in [2.05, 4.69) is 9.97 Å². The maximum Gasteiger partial charge on any atom is 0.316 e. The van der Waals surface area contributed by atoms with Gasteiger partial charge >= 0.3 is 5.97 Å². The number of H-pyrrole nitrogens is 1. The van der Waals surface area contributed by atoms with E-state index in [1.54, 1.807) is 6.92 Å². The molecule has 1 unspecified atom stereocenters. The van der Waals surface area contributed by atoms with Gasteiger partial charge in [0, 0.05) is 6.07 Å². The lowest BCUT2D eigenvalue weighted by Crippen LogP contribution is -2.14. The molecule has 2 rings (SSSR count). The van der Waals surface area contributed by atoms with Crippen molar-refractivity contribution in [1.82, 2.24) is 9.97 Å². The normalized spacial score (nSPS) is 12.7. The van der Waals surface area contributed by atoms with Gasteiger partial charge in [-0.2, -0.15) is 0 Å². The molecule has 1 heterocycles. The highest BCUT2D eigenvalue weighted by atomic mass is 19.2. The van der Waals surface area contributed by atoms with Gasteiger partial charge in [-0.3, -0.25) is 4.79 Å². The number of esters is 1. The summed E-state index contributed by atoms with van der Waals surface area (Å²) in [6.45, 7) is 3.29. The van der Waals surface area contributed by atoms with Crippen molar-refractivity contribution in [1.29, 1.82) is 0 Å². The van der Waals surface area contributed by atoms with Crippen LogP contribution in [-0.4, -0.2) is 22.5 Å². The van der Waals surface area contributed by atoms with E-state index in [0.29, 0.717) is 6.07 Å². The van der Waals surface area contributed by atoms with Crippen LogP contribution in [0.4, 0.5) is 13.2 Å². The van der Waals surface area contributed by atoms with Crippen molar-refractivity contribution in [3.05, 3.63) is 29.3 Å². The molecule has 0 spiro atoms. The summed E-state index contributed by atoms with van der Waals surface area (Å²) in [5.41, 5.74) is -0.742. The quantitative estimate of drug-likeness (QED) is 0.690. The average molecular weight is 272 g/mol. The smallest absolute Gasteiger partial charge is 0.316 e. The molecule has 1 N–H and O–H groups in total. The molecule has 0 aliphatic carbocycles. The van der Waals surface area contributed by atoms with Gasteiger partial charge in [0.15, 0.2) is 17.5 Å². The lowest BCUT2D eigenvalue weighted by atomic mass is 10.2.